The monoisotopic (exact) mass is 259 g/mol. The molecule has 2 heterocycles. The topological polar surface area (TPSA) is 79.5 Å². The molecule has 0 saturated carbocycles. The molecule has 0 aliphatic heterocycles. The molecule has 1 atom stereocenters. The van der Waals surface area contributed by atoms with E-state index in [0.717, 1.165) is 11.0 Å². The third kappa shape index (κ3) is 1.83. The number of nitrogens with zero attached hydrogens (tertiary/aromatic N) is 5. The Morgan fingerprint density at radius 2 is 2.06 bits per heavy atom. The molecule has 0 bridgehead atoms. The van der Waals surface area contributed by atoms with E-state index in [1.165, 1.54) is 0 Å². The molecule has 0 aliphatic carbocycles. The van der Waals surface area contributed by atoms with Crippen molar-refractivity contribution in [3.05, 3.63) is 36.5 Å². The van der Waals surface area contributed by atoms with Gasteiger partial charge in [0.05, 0.1) is 5.52 Å². The van der Waals surface area contributed by atoms with Gasteiger partial charge in [0.15, 0.2) is 5.82 Å². The van der Waals surface area contributed by atoms with E-state index in [1.807, 2.05) is 24.3 Å². The quantitative estimate of drug-likeness (QED) is 0.505. The van der Waals surface area contributed by atoms with Gasteiger partial charge in [-0.15, -0.1) is 5.10 Å². The fourth-order valence-corrected chi connectivity index (χ4v) is 2.06. The van der Waals surface area contributed by atoms with Gasteiger partial charge in [-0.25, -0.2) is 0 Å². The van der Waals surface area contributed by atoms with E-state index in [2.05, 4.69) is 20.3 Å². The zero-order valence-corrected chi connectivity index (χ0v) is 10.3. The number of para-hydroxylation sites is 1. The fraction of sp³-hybridized carbons (Fsp3) is 0.0909. The van der Waals surface area contributed by atoms with Crippen molar-refractivity contribution in [2.75, 3.05) is 6.26 Å². The first-order chi connectivity index (χ1) is 8.75. The summed E-state index contributed by atoms with van der Waals surface area (Å²) in [7, 11) is 0. The van der Waals surface area contributed by atoms with E-state index in [0.29, 0.717) is 5.82 Å². The van der Waals surface area contributed by atoms with E-state index in [4.69, 9.17) is 0 Å². The Balaban J connectivity index is 2.17. The second-order valence-electron chi connectivity index (χ2n) is 3.64. The van der Waals surface area contributed by atoms with Crippen LogP contribution in [0.4, 0.5) is 0 Å². The molecule has 0 fully saturated rings. The first-order valence-corrected chi connectivity index (χ1v) is 6.79. The van der Waals surface area contributed by atoms with Gasteiger partial charge in [0.1, 0.15) is 11.8 Å². The summed E-state index contributed by atoms with van der Waals surface area (Å²) in [6, 6.07) is 9.28. The third-order valence-corrected chi connectivity index (χ3v) is 3.16. The summed E-state index contributed by atoms with van der Waals surface area (Å²) < 4.78 is 13.0. The summed E-state index contributed by atoms with van der Waals surface area (Å²) in [5.74, 6) is 0.559. The lowest BCUT2D eigenvalue weighted by molar-refractivity contribution is 0.590. The van der Waals surface area contributed by atoms with Crippen molar-refractivity contribution in [1.29, 1.82) is 0 Å². The minimum Gasteiger partial charge on any atom is -0.609 e. The van der Waals surface area contributed by atoms with Crippen molar-refractivity contribution in [3.8, 4) is 5.82 Å². The molecule has 2 aromatic heterocycles. The summed E-state index contributed by atoms with van der Waals surface area (Å²) in [5, 5.41) is 8.37. The van der Waals surface area contributed by atoms with Crippen molar-refractivity contribution in [2.45, 2.75) is 5.16 Å². The number of rotatable bonds is 2. The molecule has 18 heavy (non-hydrogen) atoms. The van der Waals surface area contributed by atoms with E-state index in [-0.39, 0.29) is 5.16 Å². The number of benzene rings is 1. The third-order valence-electron chi connectivity index (χ3n) is 2.44. The Kier molecular flexibility index (Phi) is 2.69. The Morgan fingerprint density at radius 1 is 1.22 bits per heavy atom. The van der Waals surface area contributed by atoms with Crippen LogP contribution >= 0.6 is 0 Å². The van der Waals surface area contributed by atoms with Crippen LogP contribution in [0.1, 0.15) is 0 Å². The molecule has 0 aliphatic rings. The minimum absolute atomic E-state index is 0.284. The standard InChI is InChI=1S/C11H9N5OS/c1-18(17)11-12-7-6-10(13-11)16-9-5-3-2-4-8(9)14-15-16/h2-7H,1H3. The van der Waals surface area contributed by atoms with Gasteiger partial charge in [-0.3, -0.25) is 0 Å². The smallest absolute Gasteiger partial charge is 0.344 e. The van der Waals surface area contributed by atoms with Crippen LogP contribution in [0.2, 0.25) is 0 Å². The van der Waals surface area contributed by atoms with E-state index in [1.54, 1.807) is 23.2 Å². The maximum absolute atomic E-state index is 11.4. The predicted molar refractivity (Wildman–Crippen MR) is 66.8 cm³/mol. The van der Waals surface area contributed by atoms with Crippen molar-refractivity contribution in [1.82, 2.24) is 25.0 Å². The van der Waals surface area contributed by atoms with Gasteiger partial charge in [-0.2, -0.15) is 14.6 Å². The molecule has 7 heteroatoms. The maximum Gasteiger partial charge on any atom is 0.344 e. The normalized spacial score (nSPS) is 12.8. The van der Waals surface area contributed by atoms with Gasteiger partial charge < -0.3 is 4.55 Å². The summed E-state index contributed by atoms with van der Waals surface area (Å²) in [4.78, 5) is 8.17. The molecule has 3 rings (SSSR count). The summed E-state index contributed by atoms with van der Waals surface area (Å²) >= 11 is -1.22. The molecule has 6 nitrogen and oxygen atoms in total. The second kappa shape index (κ2) is 4.35. The van der Waals surface area contributed by atoms with Gasteiger partial charge in [-0.05, 0) is 12.1 Å². The summed E-state index contributed by atoms with van der Waals surface area (Å²) in [5.41, 5.74) is 1.64. The van der Waals surface area contributed by atoms with E-state index < -0.39 is 11.2 Å². The highest BCUT2D eigenvalue weighted by atomic mass is 32.2. The number of aromatic nitrogens is 5. The van der Waals surface area contributed by atoms with Crippen LogP contribution in [0, 0.1) is 0 Å². The van der Waals surface area contributed by atoms with Crippen LogP contribution in [0.3, 0.4) is 0 Å². The van der Waals surface area contributed by atoms with E-state index >= 15 is 0 Å². The van der Waals surface area contributed by atoms with Crippen LogP contribution in [0.25, 0.3) is 16.9 Å². The van der Waals surface area contributed by atoms with Crippen LogP contribution in [-0.4, -0.2) is 35.8 Å². The lowest BCUT2D eigenvalue weighted by Crippen LogP contribution is -2.08. The van der Waals surface area contributed by atoms with Crippen molar-refractivity contribution in [2.24, 2.45) is 0 Å². The van der Waals surface area contributed by atoms with Gasteiger partial charge in [0.25, 0.3) is 0 Å². The molecule has 1 unspecified atom stereocenters. The SMILES string of the molecule is C[S+]([O-])c1nccc(-n2nnc3ccccc32)n1. The highest BCUT2D eigenvalue weighted by Crippen LogP contribution is 2.14. The van der Waals surface area contributed by atoms with Gasteiger partial charge in [-0.1, -0.05) is 17.3 Å². The Morgan fingerprint density at radius 3 is 2.89 bits per heavy atom. The number of hydrogen-bond acceptors (Lipinski definition) is 5. The summed E-state index contributed by atoms with van der Waals surface area (Å²) in [6.07, 6.45) is 3.11. The first kappa shape index (κ1) is 11.1. The molecule has 0 radical (unpaired) electrons. The van der Waals surface area contributed by atoms with Crippen LogP contribution in [-0.2, 0) is 11.2 Å². The average molecular weight is 259 g/mol. The lowest BCUT2D eigenvalue weighted by atomic mass is 10.3. The Bertz CT molecular complexity index is 696. The van der Waals surface area contributed by atoms with Gasteiger partial charge in [0, 0.05) is 23.4 Å². The molecular weight excluding hydrogens is 250 g/mol. The Labute approximate surface area is 106 Å². The fourth-order valence-electron chi connectivity index (χ4n) is 1.63. The number of hydrogen-bond donors (Lipinski definition) is 0. The average Bonchev–Trinajstić information content (AvgIpc) is 2.82. The molecular formula is C11H9N5OS. The van der Waals surface area contributed by atoms with Crippen LogP contribution in [0.5, 0.6) is 0 Å². The molecule has 90 valence electrons. The van der Waals surface area contributed by atoms with Crippen LogP contribution < -0.4 is 0 Å². The molecule has 0 amide bonds. The van der Waals surface area contributed by atoms with Gasteiger partial charge >= 0.3 is 5.16 Å². The van der Waals surface area contributed by atoms with Crippen molar-refractivity contribution < 1.29 is 4.55 Å². The van der Waals surface area contributed by atoms with Crippen molar-refractivity contribution in [3.63, 3.8) is 0 Å². The molecule has 0 N–H and O–H groups in total. The molecule has 1 aromatic carbocycles. The molecule has 0 saturated heterocycles. The van der Waals surface area contributed by atoms with Gasteiger partial charge in [0.2, 0.25) is 0 Å². The zero-order valence-electron chi connectivity index (χ0n) is 9.52. The van der Waals surface area contributed by atoms with Crippen LogP contribution in [0.15, 0.2) is 41.7 Å². The summed E-state index contributed by atoms with van der Waals surface area (Å²) in [6.45, 7) is 0. The largest absolute Gasteiger partial charge is 0.609 e. The van der Waals surface area contributed by atoms with E-state index in [9.17, 15) is 4.55 Å². The predicted octanol–water partition coefficient (Wildman–Crippen LogP) is 0.948. The highest BCUT2D eigenvalue weighted by molar-refractivity contribution is 7.90. The lowest BCUT2D eigenvalue weighted by Gasteiger charge is -2.04. The highest BCUT2D eigenvalue weighted by Gasteiger charge is 2.12. The molecule has 3 aromatic rings. The van der Waals surface area contributed by atoms with Crippen molar-refractivity contribution >= 4 is 22.2 Å². The molecule has 0 spiro atoms. The minimum atomic E-state index is -1.22. The second-order valence-corrected chi connectivity index (χ2v) is 4.91. The number of fused-ring (bicyclic) bond motifs is 1. The maximum atomic E-state index is 11.4. The Hall–Kier alpha value is -1.99. The first-order valence-electron chi connectivity index (χ1n) is 5.23. The zero-order chi connectivity index (χ0) is 12.5.